The molecule has 0 saturated carbocycles. The van der Waals surface area contributed by atoms with E-state index >= 15 is 0 Å². The Morgan fingerprint density at radius 3 is 3.07 bits per heavy atom. The molecule has 0 spiro atoms. The Kier molecular flexibility index (Phi) is 4.58. The van der Waals surface area contributed by atoms with E-state index in [2.05, 4.69) is 10.3 Å². The summed E-state index contributed by atoms with van der Waals surface area (Å²) in [6.45, 7) is 1.06. The molecule has 0 amide bonds. The number of nitrogens with zero attached hydrogens (tertiary/aromatic N) is 2. The van der Waals surface area contributed by atoms with Crippen molar-refractivity contribution in [3.63, 3.8) is 0 Å². The van der Waals surface area contributed by atoms with Gasteiger partial charge >= 0.3 is 0 Å². The lowest BCUT2D eigenvalue weighted by molar-refractivity contribution is 0.0812. The molecule has 5 heteroatoms. The van der Waals surface area contributed by atoms with Gasteiger partial charge in [-0.3, -0.25) is 0 Å². The Labute approximate surface area is 83.4 Å². The SMILES string of the molecule is CNCCc1cn(CC(O)CO)cn1. The van der Waals surface area contributed by atoms with Crippen molar-refractivity contribution in [2.75, 3.05) is 20.2 Å². The quantitative estimate of drug-likeness (QED) is 0.549. The van der Waals surface area contributed by atoms with Crippen LogP contribution < -0.4 is 5.32 Å². The second-order valence-electron chi connectivity index (χ2n) is 3.25. The fourth-order valence-electron chi connectivity index (χ4n) is 1.19. The van der Waals surface area contributed by atoms with Crippen molar-refractivity contribution >= 4 is 0 Å². The average Bonchev–Trinajstić information content (AvgIpc) is 2.62. The highest BCUT2D eigenvalue weighted by Gasteiger charge is 2.04. The van der Waals surface area contributed by atoms with Gasteiger partial charge in [0.1, 0.15) is 0 Å². The van der Waals surface area contributed by atoms with E-state index < -0.39 is 6.10 Å². The van der Waals surface area contributed by atoms with Crippen LogP contribution in [0, 0.1) is 0 Å². The second-order valence-corrected chi connectivity index (χ2v) is 3.25. The molecule has 1 aromatic rings. The zero-order valence-corrected chi connectivity index (χ0v) is 8.35. The molecule has 0 aliphatic carbocycles. The van der Waals surface area contributed by atoms with Crippen molar-refractivity contribution in [2.45, 2.75) is 19.1 Å². The molecule has 1 unspecified atom stereocenters. The fraction of sp³-hybridized carbons (Fsp3) is 0.667. The van der Waals surface area contributed by atoms with Crippen molar-refractivity contribution in [3.05, 3.63) is 18.2 Å². The Balaban J connectivity index is 2.42. The third kappa shape index (κ3) is 3.45. The first-order valence-corrected chi connectivity index (χ1v) is 4.70. The summed E-state index contributed by atoms with van der Waals surface area (Å²) in [5.41, 5.74) is 0.990. The molecule has 0 aliphatic rings. The van der Waals surface area contributed by atoms with Crippen molar-refractivity contribution in [1.29, 1.82) is 0 Å². The van der Waals surface area contributed by atoms with Crippen molar-refractivity contribution in [1.82, 2.24) is 14.9 Å². The zero-order chi connectivity index (χ0) is 10.4. The molecular formula is C9H17N3O2. The predicted octanol–water partition coefficient (Wildman–Crippen LogP) is -1.00. The molecule has 5 nitrogen and oxygen atoms in total. The van der Waals surface area contributed by atoms with E-state index in [1.165, 1.54) is 0 Å². The monoisotopic (exact) mass is 199 g/mol. The van der Waals surface area contributed by atoms with Crippen LogP contribution >= 0.6 is 0 Å². The fourth-order valence-corrected chi connectivity index (χ4v) is 1.19. The number of aliphatic hydroxyl groups is 2. The Hall–Kier alpha value is -0.910. The number of hydrogen-bond acceptors (Lipinski definition) is 4. The lowest BCUT2D eigenvalue weighted by Gasteiger charge is -2.06. The molecule has 1 atom stereocenters. The smallest absolute Gasteiger partial charge is 0.0950 e. The highest BCUT2D eigenvalue weighted by molar-refractivity contribution is 4.97. The molecule has 0 bridgehead atoms. The van der Waals surface area contributed by atoms with Gasteiger partial charge in [0.2, 0.25) is 0 Å². The van der Waals surface area contributed by atoms with Gasteiger partial charge < -0.3 is 20.1 Å². The minimum absolute atomic E-state index is 0.218. The molecule has 1 heterocycles. The van der Waals surface area contributed by atoms with Crippen LogP contribution in [0.4, 0.5) is 0 Å². The Morgan fingerprint density at radius 2 is 2.43 bits per heavy atom. The van der Waals surface area contributed by atoms with E-state index in [0.29, 0.717) is 6.54 Å². The third-order valence-corrected chi connectivity index (χ3v) is 1.95. The summed E-state index contributed by atoms with van der Waals surface area (Å²) < 4.78 is 1.78. The standard InChI is InChI=1S/C9H17N3O2/c1-10-3-2-8-4-12(7-11-8)5-9(14)6-13/h4,7,9-10,13-14H,2-3,5-6H2,1H3. The van der Waals surface area contributed by atoms with Crippen LogP contribution in [0.3, 0.4) is 0 Å². The molecule has 1 aromatic heterocycles. The van der Waals surface area contributed by atoms with Gasteiger partial charge in [0.05, 0.1) is 31.3 Å². The van der Waals surface area contributed by atoms with Gasteiger partial charge in [-0.15, -0.1) is 0 Å². The van der Waals surface area contributed by atoms with Crippen molar-refractivity contribution in [2.24, 2.45) is 0 Å². The summed E-state index contributed by atoms with van der Waals surface area (Å²) in [6, 6.07) is 0. The first kappa shape index (κ1) is 11.2. The lowest BCUT2D eigenvalue weighted by Crippen LogP contribution is -2.18. The molecule has 14 heavy (non-hydrogen) atoms. The van der Waals surface area contributed by atoms with Crippen LogP contribution in [0.1, 0.15) is 5.69 Å². The largest absolute Gasteiger partial charge is 0.394 e. The minimum atomic E-state index is -0.707. The molecular weight excluding hydrogens is 182 g/mol. The summed E-state index contributed by atoms with van der Waals surface area (Å²) >= 11 is 0. The normalized spacial score (nSPS) is 13.1. The molecule has 0 fully saturated rings. The maximum Gasteiger partial charge on any atom is 0.0950 e. The van der Waals surface area contributed by atoms with Gasteiger partial charge in [-0.1, -0.05) is 0 Å². The maximum atomic E-state index is 9.19. The zero-order valence-electron chi connectivity index (χ0n) is 8.35. The highest BCUT2D eigenvalue weighted by Crippen LogP contribution is 1.98. The molecule has 1 rings (SSSR count). The number of likely N-dealkylation sites (N-methyl/N-ethyl adjacent to an activating group) is 1. The summed E-state index contributed by atoms with van der Waals surface area (Å²) in [5.74, 6) is 0. The molecule has 0 aromatic carbocycles. The maximum absolute atomic E-state index is 9.19. The van der Waals surface area contributed by atoms with Crippen LogP contribution in [0.25, 0.3) is 0 Å². The Morgan fingerprint density at radius 1 is 1.64 bits per heavy atom. The Bertz CT molecular complexity index is 262. The minimum Gasteiger partial charge on any atom is -0.394 e. The first-order valence-electron chi connectivity index (χ1n) is 4.70. The second kappa shape index (κ2) is 5.74. The van der Waals surface area contributed by atoms with Gasteiger partial charge in [0, 0.05) is 19.2 Å². The van der Waals surface area contributed by atoms with E-state index in [1.807, 2.05) is 13.2 Å². The number of aromatic nitrogens is 2. The average molecular weight is 199 g/mol. The van der Waals surface area contributed by atoms with E-state index in [1.54, 1.807) is 10.9 Å². The van der Waals surface area contributed by atoms with Gasteiger partial charge in [-0.05, 0) is 7.05 Å². The van der Waals surface area contributed by atoms with Gasteiger partial charge in [-0.25, -0.2) is 4.98 Å². The van der Waals surface area contributed by atoms with E-state index in [-0.39, 0.29) is 6.61 Å². The van der Waals surface area contributed by atoms with Gasteiger partial charge in [-0.2, -0.15) is 0 Å². The van der Waals surface area contributed by atoms with Gasteiger partial charge in [0.25, 0.3) is 0 Å². The van der Waals surface area contributed by atoms with Crippen LogP contribution in [0.15, 0.2) is 12.5 Å². The molecule has 3 N–H and O–H groups in total. The van der Waals surface area contributed by atoms with Crippen LogP contribution in [-0.4, -0.2) is 46.1 Å². The number of hydrogen-bond donors (Lipinski definition) is 3. The molecule has 0 radical (unpaired) electrons. The third-order valence-electron chi connectivity index (χ3n) is 1.95. The summed E-state index contributed by atoms with van der Waals surface area (Å²) in [6.07, 6.45) is 3.72. The van der Waals surface area contributed by atoms with E-state index in [0.717, 1.165) is 18.7 Å². The van der Waals surface area contributed by atoms with E-state index in [4.69, 9.17) is 5.11 Å². The topological polar surface area (TPSA) is 70.3 Å². The van der Waals surface area contributed by atoms with Crippen molar-refractivity contribution < 1.29 is 10.2 Å². The van der Waals surface area contributed by atoms with Crippen molar-refractivity contribution in [3.8, 4) is 0 Å². The predicted molar refractivity (Wildman–Crippen MR) is 53.0 cm³/mol. The molecule has 0 saturated heterocycles. The lowest BCUT2D eigenvalue weighted by atomic mass is 10.3. The van der Waals surface area contributed by atoms with E-state index in [9.17, 15) is 5.11 Å². The summed E-state index contributed by atoms with van der Waals surface area (Å²) in [4.78, 5) is 4.17. The van der Waals surface area contributed by atoms with Crippen LogP contribution in [0.2, 0.25) is 0 Å². The first-order chi connectivity index (χ1) is 6.76. The van der Waals surface area contributed by atoms with Gasteiger partial charge in [0.15, 0.2) is 0 Å². The van der Waals surface area contributed by atoms with Crippen LogP contribution in [-0.2, 0) is 13.0 Å². The summed E-state index contributed by atoms with van der Waals surface area (Å²) in [5, 5.41) is 20.9. The molecule has 80 valence electrons. The number of imidazole rings is 1. The van der Waals surface area contributed by atoms with Crippen LogP contribution in [0.5, 0.6) is 0 Å². The molecule has 0 aliphatic heterocycles. The number of aliphatic hydroxyl groups excluding tert-OH is 2. The summed E-state index contributed by atoms with van der Waals surface area (Å²) in [7, 11) is 1.90. The highest BCUT2D eigenvalue weighted by atomic mass is 16.3. The number of rotatable bonds is 6. The number of nitrogens with one attached hydrogen (secondary N) is 1.